The van der Waals surface area contributed by atoms with Crippen LogP contribution in [0.2, 0.25) is 0 Å². The summed E-state index contributed by atoms with van der Waals surface area (Å²) in [4.78, 5) is 11.6. The van der Waals surface area contributed by atoms with Crippen molar-refractivity contribution >= 4 is 5.97 Å². The molecular weight excluding hydrogens is 200 g/mol. The first-order valence-electron chi connectivity index (χ1n) is 6.42. The van der Waals surface area contributed by atoms with E-state index in [0.29, 0.717) is 12.5 Å². The van der Waals surface area contributed by atoms with Gasteiger partial charge in [0.05, 0.1) is 12.5 Å². The minimum Gasteiger partial charge on any atom is -0.465 e. The Balaban J connectivity index is 2.54. The fourth-order valence-corrected chi connectivity index (χ4v) is 1.97. The van der Waals surface area contributed by atoms with E-state index in [4.69, 9.17) is 4.74 Å². The second-order valence-corrected chi connectivity index (χ2v) is 5.16. The van der Waals surface area contributed by atoms with E-state index in [1.165, 1.54) is 5.57 Å². The summed E-state index contributed by atoms with van der Waals surface area (Å²) in [5.74, 6) is 0.508. The summed E-state index contributed by atoms with van der Waals surface area (Å²) in [5.41, 5.74) is 1.47. The Morgan fingerprint density at radius 1 is 1.31 bits per heavy atom. The Hall–Kier alpha value is -0.790. The lowest BCUT2D eigenvalue weighted by Gasteiger charge is -2.16. The van der Waals surface area contributed by atoms with E-state index in [2.05, 4.69) is 19.9 Å². The van der Waals surface area contributed by atoms with E-state index in [-0.39, 0.29) is 11.9 Å². The lowest BCUT2D eigenvalue weighted by molar-refractivity contribution is -0.149. The van der Waals surface area contributed by atoms with Crippen LogP contribution in [-0.2, 0) is 9.53 Å². The van der Waals surface area contributed by atoms with Crippen LogP contribution < -0.4 is 0 Å². The lowest BCUT2D eigenvalue weighted by Crippen LogP contribution is -2.18. The van der Waals surface area contributed by atoms with Gasteiger partial charge in [-0.2, -0.15) is 0 Å². The molecule has 92 valence electrons. The summed E-state index contributed by atoms with van der Waals surface area (Å²) in [6, 6.07) is 0. The Morgan fingerprint density at radius 2 is 2.06 bits per heavy atom. The van der Waals surface area contributed by atoms with E-state index in [1.54, 1.807) is 0 Å². The molecule has 0 radical (unpaired) electrons. The molecule has 2 heteroatoms. The van der Waals surface area contributed by atoms with Crippen LogP contribution in [0.1, 0.15) is 52.9 Å². The molecule has 0 bridgehead atoms. The van der Waals surface area contributed by atoms with Gasteiger partial charge in [-0.15, -0.1) is 0 Å². The predicted octanol–water partition coefficient (Wildman–Crippen LogP) is 3.71. The monoisotopic (exact) mass is 224 g/mol. The van der Waals surface area contributed by atoms with E-state index < -0.39 is 0 Å². The Bertz CT molecular complexity index is 255. The lowest BCUT2D eigenvalue weighted by atomic mass is 9.99. The molecule has 2 nitrogen and oxygen atoms in total. The molecular formula is C14H24O2. The maximum Gasteiger partial charge on any atom is 0.308 e. The summed E-state index contributed by atoms with van der Waals surface area (Å²) in [6.07, 6.45) is 7.71. The van der Waals surface area contributed by atoms with Gasteiger partial charge >= 0.3 is 5.97 Å². The van der Waals surface area contributed by atoms with Gasteiger partial charge in [0.2, 0.25) is 0 Å². The van der Waals surface area contributed by atoms with Crippen LogP contribution in [0.3, 0.4) is 0 Å². The van der Waals surface area contributed by atoms with Gasteiger partial charge in [0.25, 0.3) is 0 Å². The average Bonchev–Trinajstić information content (AvgIpc) is 2.24. The number of allylic oxidation sites excluding steroid dienone is 2. The number of carbonyl (C=O) groups excluding carboxylic acids is 1. The molecule has 0 unspecified atom stereocenters. The molecule has 0 saturated carbocycles. The molecule has 0 aromatic rings. The van der Waals surface area contributed by atoms with Crippen LogP contribution in [0.25, 0.3) is 0 Å². The van der Waals surface area contributed by atoms with Gasteiger partial charge in [-0.25, -0.2) is 0 Å². The third kappa shape index (κ3) is 4.82. The standard InChI is InChI=1S/C14H24O2/c1-11-6-4-8-12(2)10-16-14(15)13(3)9-5-7-11/h6,12-13H,4-5,7-10H2,1-3H3/b11-6+/t12-,13+/m1/s1. The predicted molar refractivity (Wildman–Crippen MR) is 66.1 cm³/mol. The topological polar surface area (TPSA) is 26.3 Å². The third-order valence-electron chi connectivity index (χ3n) is 3.27. The van der Waals surface area contributed by atoms with Crippen molar-refractivity contribution in [2.75, 3.05) is 6.61 Å². The molecule has 0 N–H and O–H groups in total. The van der Waals surface area contributed by atoms with Crippen LogP contribution in [0.5, 0.6) is 0 Å². The zero-order chi connectivity index (χ0) is 12.0. The molecule has 1 aliphatic rings. The van der Waals surface area contributed by atoms with Crippen LogP contribution in [-0.4, -0.2) is 12.6 Å². The Labute approximate surface area is 99.1 Å². The van der Waals surface area contributed by atoms with Crippen molar-refractivity contribution in [1.82, 2.24) is 0 Å². The maximum absolute atomic E-state index is 11.6. The van der Waals surface area contributed by atoms with E-state index in [0.717, 1.165) is 32.1 Å². The molecule has 0 aromatic carbocycles. The van der Waals surface area contributed by atoms with Gasteiger partial charge in [0, 0.05) is 0 Å². The molecule has 0 spiro atoms. The van der Waals surface area contributed by atoms with Crippen molar-refractivity contribution in [3.8, 4) is 0 Å². The molecule has 0 fully saturated rings. The summed E-state index contributed by atoms with van der Waals surface area (Å²) in [5, 5.41) is 0. The molecule has 2 atom stereocenters. The molecule has 0 amide bonds. The zero-order valence-corrected chi connectivity index (χ0v) is 10.8. The van der Waals surface area contributed by atoms with E-state index in [1.807, 2.05) is 6.92 Å². The number of hydrogen-bond donors (Lipinski definition) is 0. The number of rotatable bonds is 0. The highest BCUT2D eigenvalue weighted by atomic mass is 16.5. The summed E-state index contributed by atoms with van der Waals surface area (Å²) in [6.45, 7) is 6.89. The molecule has 1 rings (SSSR count). The third-order valence-corrected chi connectivity index (χ3v) is 3.27. The zero-order valence-electron chi connectivity index (χ0n) is 10.8. The number of cyclic esters (lactones) is 1. The first kappa shape index (κ1) is 13.3. The van der Waals surface area contributed by atoms with E-state index in [9.17, 15) is 4.79 Å². The second kappa shape index (κ2) is 6.72. The van der Waals surface area contributed by atoms with Crippen molar-refractivity contribution in [2.24, 2.45) is 11.8 Å². The maximum atomic E-state index is 11.6. The fraction of sp³-hybridized carbons (Fsp3) is 0.786. The normalized spacial score (nSPS) is 32.9. The quantitative estimate of drug-likeness (QED) is 0.463. The summed E-state index contributed by atoms with van der Waals surface area (Å²) < 4.78 is 5.31. The van der Waals surface area contributed by atoms with Gasteiger partial charge < -0.3 is 4.74 Å². The smallest absolute Gasteiger partial charge is 0.308 e. The van der Waals surface area contributed by atoms with Crippen LogP contribution in [0.15, 0.2) is 11.6 Å². The van der Waals surface area contributed by atoms with Gasteiger partial charge in [0.15, 0.2) is 0 Å². The van der Waals surface area contributed by atoms with Crippen molar-refractivity contribution in [3.05, 3.63) is 11.6 Å². The molecule has 0 saturated heterocycles. The first-order chi connectivity index (χ1) is 7.59. The fourth-order valence-electron chi connectivity index (χ4n) is 1.97. The summed E-state index contributed by atoms with van der Waals surface area (Å²) in [7, 11) is 0. The average molecular weight is 224 g/mol. The first-order valence-corrected chi connectivity index (χ1v) is 6.42. The number of hydrogen-bond acceptors (Lipinski definition) is 2. The van der Waals surface area contributed by atoms with Gasteiger partial charge in [-0.05, 0) is 44.9 Å². The molecule has 16 heavy (non-hydrogen) atoms. The van der Waals surface area contributed by atoms with Crippen molar-refractivity contribution in [1.29, 1.82) is 0 Å². The van der Waals surface area contributed by atoms with E-state index >= 15 is 0 Å². The highest BCUT2D eigenvalue weighted by Gasteiger charge is 2.15. The van der Waals surface area contributed by atoms with Crippen molar-refractivity contribution < 1.29 is 9.53 Å². The van der Waals surface area contributed by atoms with Gasteiger partial charge in [0.1, 0.15) is 0 Å². The van der Waals surface area contributed by atoms with Crippen LogP contribution in [0, 0.1) is 11.8 Å². The second-order valence-electron chi connectivity index (χ2n) is 5.16. The molecule has 1 aliphatic heterocycles. The van der Waals surface area contributed by atoms with Crippen LogP contribution >= 0.6 is 0 Å². The highest BCUT2D eigenvalue weighted by Crippen LogP contribution is 2.17. The van der Waals surface area contributed by atoms with Gasteiger partial charge in [-0.1, -0.05) is 25.5 Å². The Morgan fingerprint density at radius 3 is 2.81 bits per heavy atom. The van der Waals surface area contributed by atoms with Crippen molar-refractivity contribution in [3.63, 3.8) is 0 Å². The molecule has 1 heterocycles. The Kier molecular flexibility index (Phi) is 5.58. The number of carbonyl (C=O) groups is 1. The minimum absolute atomic E-state index is 0.0194. The highest BCUT2D eigenvalue weighted by molar-refractivity contribution is 5.71. The summed E-state index contributed by atoms with van der Waals surface area (Å²) >= 11 is 0. The SMILES string of the molecule is C/C1=C\CC[C@@H](C)COC(=O)[C@@H](C)CCC1. The largest absolute Gasteiger partial charge is 0.465 e. The minimum atomic E-state index is -0.0194. The van der Waals surface area contributed by atoms with Crippen molar-refractivity contribution in [2.45, 2.75) is 52.9 Å². The van der Waals surface area contributed by atoms with Gasteiger partial charge in [-0.3, -0.25) is 4.79 Å². The number of ether oxygens (including phenoxy) is 1. The molecule has 0 aromatic heterocycles. The molecule has 0 aliphatic carbocycles. The van der Waals surface area contributed by atoms with Crippen LogP contribution in [0.4, 0.5) is 0 Å². The number of esters is 1.